The smallest absolute Gasteiger partial charge is 0.332 e. The number of H-pyrrole nitrogens is 1. The van der Waals surface area contributed by atoms with Crippen molar-refractivity contribution in [3.8, 4) is 11.4 Å². The molecule has 0 bridgehead atoms. The molecule has 14 heteroatoms. The van der Waals surface area contributed by atoms with Gasteiger partial charge in [0.25, 0.3) is 5.56 Å². The quantitative estimate of drug-likeness (QED) is 0.166. The number of aromatic nitrogens is 6. The number of aromatic amines is 1. The normalized spacial score (nSPS) is 9.32. The van der Waals surface area contributed by atoms with Gasteiger partial charge in [-0.05, 0) is 43.5 Å². The van der Waals surface area contributed by atoms with E-state index in [1.165, 1.54) is 17.2 Å². The first-order chi connectivity index (χ1) is 22.4. The van der Waals surface area contributed by atoms with Crippen LogP contribution in [0.4, 0.5) is 0 Å². The van der Waals surface area contributed by atoms with Gasteiger partial charge in [0.1, 0.15) is 11.3 Å². The van der Waals surface area contributed by atoms with Crippen molar-refractivity contribution < 1.29 is 39.6 Å². The Kier molecular flexibility index (Phi) is 21.4. The van der Waals surface area contributed by atoms with Gasteiger partial charge in [0, 0.05) is 66.3 Å². The third-order valence-corrected chi connectivity index (χ3v) is 6.31. The second-order valence-electron chi connectivity index (χ2n) is 9.23. The van der Waals surface area contributed by atoms with Crippen molar-refractivity contribution in [2.75, 3.05) is 6.54 Å². The van der Waals surface area contributed by atoms with E-state index in [0.29, 0.717) is 42.8 Å². The largest absolute Gasteiger partial charge is 0.573 e. The zero-order valence-electron chi connectivity index (χ0n) is 25.7. The Labute approximate surface area is 286 Å². The van der Waals surface area contributed by atoms with Gasteiger partial charge >= 0.3 is 5.69 Å². The average molecular weight is 809 g/mol. The molecular formula is C33H32N7O6Re-4. The standard InChI is InChI=1S/C20H24N5O3.C10H8N2.3CO.Re/c1-24-18-17(19(27)25(2)20(24)28)22-15(23-18)11-6-12-16(26)21-13-7-10-14-8-4-3-5-9-14;1-3-7-11-9(5-1)10-6-2-4-8-12-10;3*1-2;/h4-5,8-9H,6-7,10-13H2,1-2H3,(H,21,26)(H,22,23);1-8H;;;;/q-1;;3*-1;. The predicted octanol–water partition coefficient (Wildman–Crippen LogP) is 1.78. The summed E-state index contributed by atoms with van der Waals surface area (Å²) in [6, 6.07) is 22.4. The fraction of sp³-hybridized carbons (Fsp3) is 0.242. The Balaban J connectivity index is 0.000000928. The van der Waals surface area contributed by atoms with Crippen molar-refractivity contribution in [3.05, 3.63) is 111 Å². The van der Waals surface area contributed by atoms with Gasteiger partial charge in [0.2, 0.25) is 5.91 Å². The van der Waals surface area contributed by atoms with E-state index in [2.05, 4.69) is 51.7 Å². The zero-order chi connectivity index (χ0) is 34.3. The second-order valence-corrected chi connectivity index (χ2v) is 9.23. The van der Waals surface area contributed by atoms with Gasteiger partial charge in [0.05, 0.1) is 11.4 Å². The Morgan fingerprint density at radius 2 is 1.40 bits per heavy atom. The number of hydrogen-bond donors (Lipinski definition) is 2. The van der Waals surface area contributed by atoms with E-state index < -0.39 is 11.2 Å². The molecule has 0 aliphatic carbocycles. The number of carbonyl (C=O) groups is 1. The Morgan fingerprint density at radius 3 is 1.94 bits per heavy atom. The number of amides is 1. The molecule has 1 amide bonds. The molecule has 4 radical (unpaired) electrons. The Hall–Kier alpha value is -5.19. The minimum absolute atomic E-state index is 0. The number of rotatable bonds is 9. The van der Waals surface area contributed by atoms with Crippen molar-refractivity contribution in [2.45, 2.75) is 32.1 Å². The molecule has 0 unspecified atom stereocenters. The minimum Gasteiger partial charge on any atom is -0.573 e. The maximum atomic E-state index is 12.2. The number of benzene rings is 1. The first kappa shape index (κ1) is 41.8. The summed E-state index contributed by atoms with van der Waals surface area (Å²) in [6.45, 7) is 14.1. The molecule has 0 atom stereocenters. The maximum absolute atomic E-state index is 12.2. The molecule has 0 saturated carbocycles. The van der Waals surface area contributed by atoms with E-state index in [9.17, 15) is 14.4 Å². The second kappa shape index (κ2) is 24.1. The number of aryl methyl sites for hydroxylation is 3. The summed E-state index contributed by atoms with van der Waals surface area (Å²) in [5.41, 5.74) is 2.90. The number of imidazole rings is 1. The zero-order valence-corrected chi connectivity index (χ0v) is 28.5. The van der Waals surface area contributed by atoms with Crippen LogP contribution in [-0.2, 0) is 66.5 Å². The SMILES string of the molecule is Cn1c(=O)c2[nH]c(CCCC(=O)NCCCc3cc[c-]cc3)nc2n(C)c1=O.[C-]=O.[C-]=O.[C-]=O.[Re].c1ccc(-c2ccccn2)nc1. The van der Waals surface area contributed by atoms with Gasteiger partial charge in [-0.15, -0.1) is 0 Å². The topological polar surface area (TPSA) is 179 Å². The van der Waals surface area contributed by atoms with Crippen LogP contribution in [0.1, 0.15) is 30.7 Å². The van der Waals surface area contributed by atoms with Crippen LogP contribution in [0.3, 0.4) is 0 Å². The van der Waals surface area contributed by atoms with Crippen LogP contribution < -0.4 is 16.6 Å². The fourth-order valence-electron chi connectivity index (χ4n) is 4.13. The number of hydrogen-bond acceptors (Lipinski definition) is 9. The molecule has 0 fully saturated rings. The molecule has 0 aliphatic rings. The maximum Gasteiger partial charge on any atom is 0.332 e. The number of carbonyl (C=O) groups excluding carboxylic acids is 4. The number of nitrogens with zero attached hydrogens (tertiary/aromatic N) is 5. The molecule has 13 nitrogen and oxygen atoms in total. The first-order valence-electron chi connectivity index (χ1n) is 13.7. The van der Waals surface area contributed by atoms with Gasteiger partial charge in [-0.3, -0.25) is 28.7 Å². The summed E-state index contributed by atoms with van der Waals surface area (Å²) in [4.78, 5) is 74.3. The number of nitrogens with one attached hydrogen (secondary N) is 2. The summed E-state index contributed by atoms with van der Waals surface area (Å²) in [5, 5.41) is 2.92. The van der Waals surface area contributed by atoms with Crippen molar-refractivity contribution in [1.82, 2.24) is 34.4 Å². The van der Waals surface area contributed by atoms with Gasteiger partial charge in [-0.1, -0.05) is 12.1 Å². The van der Waals surface area contributed by atoms with E-state index >= 15 is 0 Å². The molecule has 2 N–H and O–H groups in total. The molecule has 0 aliphatic heterocycles. The molecule has 246 valence electrons. The third kappa shape index (κ3) is 13.4. The Morgan fingerprint density at radius 1 is 0.830 bits per heavy atom. The average Bonchev–Trinajstić information content (AvgIpc) is 3.57. The van der Waals surface area contributed by atoms with Crippen LogP contribution in [0.5, 0.6) is 0 Å². The molecule has 1 aromatic carbocycles. The summed E-state index contributed by atoms with van der Waals surface area (Å²) < 4.78 is 2.39. The summed E-state index contributed by atoms with van der Waals surface area (Å²) in [5.74, 6) is 0.600. The number of pyridine rings is 2. The first-order valence-corrected chi connectivity index (χ1v) is 13.7. The van der Waals surface area contributed by atoms with Crippen LogP contribution >= 0.6 is 0 Å². The van der Waals surface area contributed by atoms with Crippen LogP contribution in [0, 0.1) is 6.07 Å². The molecule has 4 aromatic heterocycles. The molecule has 0 spiro atoms. The molecule has 5 rings (SSSR count). The summed E-state index contributed by atoms with van der Waals surface area (Å²) >= 11 is 0. The fourth-order valence-corrected chi connectivity index (χ4v) is 4.13. The summed E-state index contributed by atoms with van der Waals surface area (Å²) in [7, 11) is 3.01. The van der Waals surface area contributed by atoms with Gasteiger partial charge < -0.3 is 45.1 Å². The van der Waals surface area contributed by atoms with Crippen LogP contribution in [0.25, 0.3) is 22.6 Å². The van der Waals surface area contributed by atoms with E-state index in [0.717, 1.165) is 28.8 Å². The molecular weight excluding hydrogens is 777 g/mol. The van der Waals surface area contributed by atoms with Gasteiger partial charge in [0.15, 0.2) is 5.65 Å². The van der Waals surface area contributed by atoms with E-state index in [1.807, 2.05) is 60.7 Å². The number of fused-ring (bicyclic) bond motifs is 1. The van der Waals surface area contributed by atoms with E-state index in [-0.39, 0.29) is 26.3 Å². The van der Waals surface area contributed by atoms with Gasteiger partial charge in [-0.25, -0.2) is 9.78 Å². The van der Waals surface area contributed by atoms with Crippen LogP contribution in [0.15, 0.2) is 82.6 Å². The van der Waals surface area contributed by atoms with Crippen LogP contribution in [-0.4, -0.2) is 61.9 Å². The summed E-state index contributed by atoms with van der Waals surface area (Å²) in [6.07, 6.45) is 6.86. The van der Waals surface area contributed by atoms with E-state index in [4.69, 9.17) is 14.4 Å². The predicted molar refractivity (Wildman–Crippen MR) is 171 cm³/mol. The third-order valence-electron chi connectivity index (χ3n) is 6.31. The molecule has 4 heterocycles. The molecule has 0 saturated heterocycles. The van der Waals surface area contributed by atoms with Crippen LogP contribution in [0.2, 0.25) is 0 Å². The van der Waals surface area contributed by atoms with Crippen molar-refractivity contribution >= 4 is 37.4 Å². The monoisotopic (exact) mass is 809 g/mol. The van der Waals surface area contributed by atoms with Gasteiger partial charge in [-0.2, -0.15) is 35.9 Å². The Bertz CT molecular complexity index is 1670. The molecule has 5 aromatic rings. The van der Waals surface area contributed by atoms with Crippen molar-refractivity contribution in [1.29, 1.82) is 0 Å². The van der Waals surface area contributed by atoms with E-state index in [1.54, 1.807) is 19.4 Å². The van der Waals surface area contributed by atoms with Crippen molar-refractivity contribution in [2.24, 2.45) is 14.1 Å². The minimum atomic E-state index is -0.413. The molecule has 47 heavy (non-hydrogen) atoms. The van der Waals surface area contributed by atoms with Crippen molar-refractivity contribution in [3.63, 3.8) is 0 Å².